The highest BCUT2D eigenvalue weighted by Crippen LogP contribution is 2.39. The number of methoxy groups -OCH3 is 1. The summed E-state index contributed by atoms with van der Waals surface area (Å²) < 4.78 is 16.4. The van der Waals surface area contributed by atoms with E-state index >= 15 is 0 Å². The summed E-state index contributed by atoms with van der Waals surface area (Å²) >= 11 is 0. The zero-order valence-corrected chi connectivity index (χ0v) is 21.1. The van der Waals surface area contributed by atoms with E-state index in [1.165, 1.54) is 4.90 Å². The van der Waals surface area contributed by atoms with Crippen molar-refractivity contribution < 1.29 is 33.8 Å². The molecule has 36 heavy (non-hydrogen) atoms. The number of ketones is 1. The van der Waals surface area contributed by atoms with E-state index in [0.29, 0.717) is 29.2 Å². The van der Waals surface area contributed by atoms with Crippen LogP contribution in [0.5, 0.6) is 11.5 Å². The summed E-state index contributed by atoms with van der Waals surface area (Å²) in [7, 11) is 1.58. The zero-order valence-electron chi connectivity index (χ0n) is 21.1. The van der Waals surface area contributed by atoms with Crippen molar-refractivity contribution in [2.24, 2.45) is 0 Å². The van der Waals surface area contributed by atoms with Crippen molar-refractivity contribution in [3.8, 4) is 11.5 Å². The molecule has 8 heteroatoms. The Morgan fingerprint density at radius 1 is 1.06 bits per heavy atom. The minimum Gasteiger partial charge on any atom is -0.872 e. The maximum absolute atomic E-state index is 13.6. The highest BCUT2D eigenvalue weighted by molar-refractivity contribution is 6.46. The molecule has 4 rings (SSSR count). The Bertz CT molecular complexity index is 1090. The second kappa shape index (κ2) is 11.6. The van der Waals surface area contributed by atoms with Crippen LogP contribution >= 0.6 is 0 Å². The number of likely N-dealkylation sites (tertiary alicyclic amines) is 1. The van der Waals surface area contributed by atoms with Crippen LogP contribution in [-0.4, -0.2) is 69.2 Å². The minimum atomic E-state index is -0.741. The predicted octanol–water partition coefficient (Wildman–Crippen LogP) is 1.01. The summed E-state index contributed by atoms with van der Waals surface area (Å²) in [5, 5.41) is 13.6. The summed E-state index contributed by atoms with van der Waals surface area (Å²) in [6.07, 6.45) is 0.728. The first kappa shape index (κ1) is 25.7. The van der Waals surface area contributed by atoms with Crippen molar-refractivity contribution in [1.29, 1.82) is 0 Å². The maximum atomic E-state index is 13.6. The number of ether oxygens (including phenoxy) is 3. The third-order valence-electron chi connectivity index (χ3n) is 6.58. The van der Waals surface area contributed by atoms with Crippen molar-refractivity contribution >= 4 is 17.4 Å². The Morgan fingerprint density at radius 2 is 1.69 bits per heavy atom. The van der Waals surface area contributed by atoms with Gasteiger partial charge in [-0.3, -0.25) is 9.59 Å². The van der Waals surface area contributed by atoms with Crippen LogP contribution in [0.4, 0.5) is 0 Å². The fourth-order valence-electron chi connectivity index (χ4n) is 4.76. The van der Waals surface area contributed by atoms with E-state index in [9.17, 15) is 14.7 Å². The second-order valence-corrected chi connectivity index (χ2v) is 9.40. The molecule has 1 unspecified atom stereocenters. The van der Waals surface area contributed by atoms with Gasteiger partial charge >= 0.3 is 0 Å². The summed E-state index contributed by atoms with van der Waals surface area (Å²) in [4.78, 5) is 29.3. The molecule has 0 aliphatic carbocycles. The fourth-order valence-corrected chi connectivity index (χ4v) is 4.76. The molecule has 0 radical (unpaired) electrons. The van der Waals surface area contributed by atoms with E-state index in [1.807, 2.05) is 26.0 Å². The van der Waals surface area contributed by atoms with E-state index in [4.69, 9.17) is 14.2 Å². The number of nitrogens with one attached hydrogen (secondary N) is 1. The molecular formula is C28H34N2O6. The Labute approximate surface area is 212 Å². The molecule has 0 bridgehead atoms. The molecule has 0 aromatic heterocycles. The number of Topliss-reactive ketones (excluding diaryl/α,β-unsaturated/α-hetero) is 1. The van der Waals surface area contributed by atoms with E-state index in [0.717, 1.165) is 39.3 Å². The number of rotatable bonds is 9. The van der Waals surface area contributed by atoms with E-state index in [2.05, 4.69) is 0 Å². The van der Waals surface area contributed by atoms with Gasteiger partial charge in [0.25, 0.3) is 5.91 Å². The lowest BCUT2D eigenvalue weighted by atomic mass is 9.95. The molecule has 8 nitrogen and oxygen atoms in total. The first-order valence-electron chi connectivity index (χ1n) is 12.5. The molecular weight excluding hydrogens is 460 g/mol. The number of morpholine rings is 1. The number of nitrogens with zero attached hydrogens (tertiary/aromatic N) is 1. The van der Waals surface area contributed by atoms with Crippen molar-refractivity contribution in [2.45, 2.75) is 32.4 Å². The lowest BCUT2D eigenvalue weighted by Crippen LogP contribution is -3.14. The second-order valence-electron chi connectivity index (χ2n) is 9.40. The Balaban J connectivity index is 1.65. The molecule has 192 valence electrons. The first-order valence-corrected chi connectivity index (χ1v) is 12.5. The molecule has 0 spiro atoms. The average Bonchev–Trinajstić information content (AvgIpc) is 3.14. The van der Waals surface area contributed by atoms with Gasteiger partial charge in [0.05, 0.1) is 39.0 Å². The van der Waals surface area contributed by atoms with Crippen LogP contribution in [0.25, 0.3) is 5.76 Å². The van der Waals surface area contributed by atoms with Gasteiger partial charge in [-0.25, -0.2) is 0 Å². The van der Waals surface area contributed by atoms with Gasteiger partial charge in [-0.1, -0.05) is 30.0 Å². The molecule has 1 amide bonds. The van der Waals surface area contributed by atoms with Crippen LogP contribution < -0.4 is 19.5 Å². The van der Waals surface area contributed by atoms with E-state index in [1.54, 1.807) is 48.4 Å². The zero-order chi connectivity index (χ0) is 25.7. The highest BCUT2D eigenvalue weighted by Gasteiger charge is 2.44. The van der Waals surface area contributed by atoms with Crippen LogP contribution in [0.1, 0.15) is 37.4 Å². The molecule has 2 aliphatic rings. The number of benzene rings is 2. The normalized spacial score (nSPS) is 20.2. The Hall–Kier alpha value is -3.36. The number of quaternary nitrogens is 1. The number of carbonyl (C=O) groups excluding carboxylic acids is 2. The summed E-state index contributed by atoms with van der Waals surface area (Å²) in [5.74, 6) is -0.505. The van der Waals surface area contributed by atoms with Crippen LogP contribution in [-0.2, 0) is 14.3 Å². The summed E-state index contributed by atoms with van der Waals surface area (Å²) in [5.41, 5.74) is 1.04. The first-order chi connectivity index (χ1) is 17.4. The van der Waals surface area contributed by atoms with Crippen LogP contribution in [0.3, 0.4) is 0 Å². The molecule has 2 aromatic rings. The van der Waals surface area contributed by atoms with Crippen molar-refractivity contribution in [2.75, 3.05) is 46.5 Å². The fraction of sp³-hybridized carbons (Fsp3) is 0.429. The van der Waals surface area contributed by atoms with Crippen LogP contribution in [0, 0.1) is 0 Å². The van der Waals surface area contributed by atoms with Gasteiger partial charge in [0.15, 0.2) is 0 Å². The third-order valence-corrected chi connectivity index (χ3v) is 6.58. The molecule has 2 heterocycles. The van der Waals surface area contributed by atoms with Crippen molar-refractivity contribution in [3.63, 3.8) is 0 Å². The number of amides is 1. The standard InChI is InChI=1S/C28H34N2O6/c1-19(2)36-23-11-7-21(8-12-23)26(31)24-25(20-5-9-22(34-3)10-6-20)30(28(33)27(24)32)14-4-13-29-15-17-35-18-16-29/h5-12,19,25,31H,4,13-18H2,1-3H3/b26-24+. The lowest BCUT2D eigenvalue weighted by molar-refractivity contribution is -0.908. The SMILES string of the molecule is COc1ccc(C2/C(=C(\[O-])c3ccc(OC(C)C)cc3)C(=O)C(=O)N2CCC[NH+]2CCOCC2)cc1. The quantitative estimate of drug-likeness (QED) is 0.318. The van der Waals surface area contributed by atoms with Gasteiger partial charge in [-0.2, -0.15) is 0 Å². The van der Waals surface area contributed by atoms with Gasteiger partial charge in [0, 0.05) is 18.5 Å². The van der Waals surface area contributed by atoms with E-state index in [-0.39, 0.29) is 11.7 Å². The molecule has 1 atom stereocenters. The number of carbonyl (C=O) groups is 2. The average molecular weight is 495 g/mol. The topological polar surface area (TPSA) is 92.6 Å². The van der Waals surface area contributed by atoms with Crippen LogP contribution in [0.2, 0.25) is 0 Å². The van der Waals surface area contributed by atoms with Gasteiger partial charge < -0.3 is 29.1 Å². The summed E-state index contributed by atoms with van der Waals surface area (Å²) in [6.45, 7) is 8.44. The van der Waals surface area contributed by atoms with Gasteiger partial charge in [-0.15, -0.1) is 0 Å². The smallest absolute Gasteiger partial charge is 0.295 e. The third kappa shape index (κ3) is 5.71. The molecule has 2 fully saturated rings. The number of hydrogen-bond acceptors (Lipinski definition) is 6. The van der Waals surface area contributed by atoms with Gasteiger partial charge in [-0.05, 0) is 49.2 Å². The number of hydrogen-bond donors (Lipinski definition) is 1. The molecule has 1 N–H and O–H groups in total. The lowest BCUT2D eigenvalue weighted by Gasteiger charge is -2.29. The molecule has 0 saturated carbocycles. The molecule has 2 aliphatic heterocycles. The van der Waals surface area contributed by atoms with Crippen LogP contribution in [0.15, 0.2) is 54.1 Å². The molecule has 2 aromatic carbocycles. The van der Waals surface area contributed by atoms with Crippen molar-refractivity contribution in [1.82, 2.24) is 4.90 Å². The monoisotopic (exact) mass is 494 g/mol. The summed E-state index contributed by atoms with van der Waals surface area (Å²) in [6, 6.07) is 13.1. The predicted molar refractivity (Wildman–Crippen MR) is 133 cm³/mol. The Kier molecular flexibility index (Phi) is 8.28. The Morgan fingerprint density at radius 3 is 2.31 bits per heavy atom. The molecule has 2 saturated heterocycles. The van der Waals surface area contributed by atoms with E-state index < -0.39 is 23.5 Å². The maximum Gasteiger partial charge on any atom is 0.295 e. The highest BCUT2D eigenvalue weighted by atomic mass is 16.5. The van der Waals surface area contributed by atoms with Crippen molar-refractivity contribution in [3.05, 3.63) is 65.2 Å². The van der Waals surface area contributed by atoms with Gasteiger partial charge in [0.2, 0.25) is 5.78 Å². The minimum absolute atomic E-state index is 0.00210. The van der Waals surface area contributed by atoms with Gasteiger partial charge in [0.1, 0.15) is 24.6 Å². The largest absolute Gasteiger partial charge is 0.872 e.